The van der Waals surface area contributed by atoms with Crippen molar-refractivity contribution in [1.82, 2.24) is 5.32 Å². The molecule has 0 aromatic rings. The summed E-state index contributed by atoms with van der Waals surface area (Å²) in [4.78, 5) is 12.3. The standard InChI is InChI=1S/C29H51NO6S/c1-6-36-21-11-13-28(3)20(17-21)18-25(35-5)27-23-9-8-22(29(23,4)14-12-24(27)28)19(2)7-10-26(31)30-15-16-37(32,33)34/h19-25,27H,6-18H2,1-5H3,(H,30,31)(H,32,33,34). The molecule has 0 aromatic carbocycles. The Morgan fingerprint density at radius 3 is 2.46 bits per heavy atom. The number of carbonyl (C=O) groups is 1. The maximum absolute atomic E-state index is 12.3. The summed E-state index contributed by atoms with van der Waals surface area (Å²) in [7, 11) is -2.13. The predicted molar refractivity (Wildman–Crippen MR) is 145 cm³/mol. The van der Waals surface area contributed by atoms with Crippen molar-refractivity contribution >= 4 is 16.0 Å². The second-order valence-electron chi connectivity index (χ2n) is 13.2. The zero-order valence-corrected chi connectivity index (χ0v) is 24.5. The van der Waals surface area contributed by atoms with Gasteiger partial charge in [-0.15, -0.1) is 0 Å². The van der Waals surface area contributed by atoms with E-state index in [2.05, 4.69) is 33.0 Å². The number of fused-ring (bicyclic) bond motifs is 5. The Hall–Kier alpha value is -0.700. The molecule has 10 unspecified atom stereocenters. The number of hydrogen-bond donors (Lipinski definition) is 2. The monoisotopic (exact) mass is 541 g/mol. The van der Waals surface area contributed by atoms with E-state index in [4.69, 9.17) is 14.0 Å². The van der Waals surface area contributed by atoms with Crippen molar-refractivity contribution in [3.05, 3.63) is 0 Å². The molecule has 1 amide bonds. The molecular formula is C29H51NO6S. The zero-order valence-electron chi connectivity index (χ0n) is 23.7. The van der Waals surface area contributed by atoms with Gasteiger partial charge in [0, 0.05) is 26.7 Å². The summed E-state index contributed by atoms with van der Waals surface area (Å²) < 4.78 is 43.0. The van der Waals surface area contributed by atoms with E-state index in [1.54, 1.807) is 0 Å². The minimum Gasteiger partial charge on any atom is -0.381 e. The minimum atomic E-state index is -4.05. The van der Waals surface area contributed by atoms with E-state index in [-0.39, 0.29) is 17.9 Å². The van der Waals surface area contributed by atoms with Crippen molar-refractivity contribution in [1.29, 1.82) is 0 Å². The molecule has 4 aliphatic rings. The first-order chi connectivity index (χ1) is 17.4. The lowest BCUT2D eigenvalue weighted by Gasteiger charge is -2.63. The Morgan fingerprint density at radius 1 is 1.08 bits per heavy atom. The fourth-order valence-corrected chi connectivity index (χ4v) is 10.1. The third kappa shape index (κ3) is 5.92. The van der Waals surface area contributed by atoms with Gasteiger partial charge in [0.05, 0.1) is 18.0 Å². The molecule has 7 nitrogen and oxygen atoms in total. The van der Waals surface area contributed by atoms with E-state index in [1.165, 1.54) is 44.9 Å². The normalized spacial score (nSPS) is 42.4. The number of nitrogens with one attached hydrogen (secondary N) is 1. The number of hydrogen-bond acceptors (Lipinski definition) is 5. The van der Waals surface area contributed by atoms with Crippen LogP contribution in [0, 0.1) is 46.3 Å². The largest absolute Gasteiger partial charge is 0.381 e. The summed E-state index contributed by atoms with van der Waals surface area (Å²) >= 11 is 0. The van der Waals surface area contributed by atoms with Gasteiger partial charge in [0.15, 0.2) is 0 Å². The highest BCUT2D eigenvalue weighted by Crippen LogP contribution is 2.68. The molecule has 4 rings (SSSR count). The Bertz CT molecular complexity index is 910. The summed E-state index contributed by atoms with van der Waals surface area (Å²) in [5, 5.41) is 2.64. The fraction of sp³-hybridized carbons (Fsp3) is 0.966. The Labute approximate surface area is 225 Å². The molecule has 10 atom stereocenters. The van der Waals surface area contributed by atoms with E-state index in [0.29, 0.717) is 53.6 Å². The molecular weight excluding hydrogens is 490 g/mol. The van der Waals surface area contributed by atoms with Gasteiger partial charge in [-0.1, -0.05) is 20.8 Å². The van der Waals surface area contributed by atoms with Crippen molar-refractivity contribution in [3.63, 3.8) is 0 Å². The van der Waals surface area contributed by atoms with Crippen LogP contribution in [-0.2, 0) is 24.4 Å². The van der Waals surface area contributed by atoms with Gasteiger partial charge in [-0.05, 0) is 111 Å². The lowest BCUT2D eigenvalue weighted by atomic mass is 9.43. The first kappa shape index (κ1) is 29.3. The molecule has 37 heavy (non-hydrogen) atoms. The molecule has 4 saturated carbocycles. The molecule has 4 fully saturated rings. The Morgan fingerprint density at radius 2 is 1.78 bits per heavy atom. The summed E-state index contributed by atoms with van der Waals surface area (Å²) in [6.07, 6.45) is 11.8. The fourth-order valence-electron chi connectivity index (χ4n) is 9.74. The number of amides is 1. The summed E-state index contributed by atoms with van der Waals surface area (Å²) in [5.41, 5.74) is 0.670. The second kappa shape index (κ2) is 11.4. The molecule has 0 aliphatic heterocycles. The summed E-state index contributed by atoms with van der Waals surface area (Å²) in [5.74, 6) is 3.17. The van der Waals surface area contributed by atoms with E-state index < -0.39 is 15.9 Å². The Balaban J connectivity index is 1.41. The van der Waals surface area contributed by atoms with Crippen LogP contribution in [0.1, 0.15) is 91.9 Å². The van der Waals surface area contributed by atoms with Crippen LogP contribution in [0.5, 0.6) is 0 Å². The highest BCUT2D eigenvalue weighted by atomic mass is 32.2. The molecule has 8 heteroatoms. The van der Waals surface area contributed by atoms with Crippen molar-refractivity contribution < 1.29 is 27.2 Å². The van der Waals surface area contributed by atoms with Crippen molar-refractivity contribution in [3.8, 4) is 0 Å². The van der Waals surface area contributed by atoms with Crippen LogP contribution in [0.4, 0.5) is 0 Å². The predicted octanol–water partition coefficient (Wildman–Crippen LogP) is 5.10. The number of methoxy groups -OCH3 is 1. The van der Waals surface area contributed by atoms with Gasteiger partial charge in [0.2, 0.25) is 5.91 Å². The van der Waals surface area contributed by atoms with Gasteiger partial charge < -0.3 is 14.8 Å². The molecule has 4 aliphatic carbocycles. The third-order valence-corrected chi connectivity index (χ3v) is 12.3. The SMILES string of the molecule is CCOC1CCC2(C)C(C1)CC(OC)C1C2CCC2(C)C(C(C)CCC(=O)NCCS(=O)(=O)O)CCC12. The van der Waals surface area contributed by atoms with Gasteiger partial charge in [-0.3, -0.25) is 9.35 Å². The molecule has 0 heterocycles. The molecule has 0 radical (unpaired) electrons. The van der Waals surface area contributed by atoms with Crippen LogP contribution in [0.15, 0.2) is 0 Å². The molecule has 214 valence electrons. The minimum absolute atomic E-state index is 0.0399. The number of rotatable bonds is 10. The van der Waals surface area contributed by atoms with E-state index >= 15 is 0 Å². The average Bonchev–Trinajstić information content (AvgIpc) is 3.19. The summed E-state index contributed by atoms with van der Waals surface area (Å²) in [6, 6.07) is 0. The lowest BCUT2D eigenvalue weighted by Crippen LogP contribution is -2.59. The van der Waals surface area contributed by atoms with Crippen LogP contribution >= 0.6 is 0 Å². The third-order valence-electron chi connectivity index (χ3n) is 11.6. The van der Waals surface area contributed by atoms with Crippen molar-refractivity contribution in [2.75, 3.05) is 26.0 Å². The zero-order chi connectivity index (χ0) is 27.0. The topological polar surface area (TPSA) is 102 Å². The lowest BCUT2D eigenvalue weighted by molar-refractivity contribution is -0.185. The van der Waals surface area contributed by atoms with Crippen LogP contribution in [0.2, 0.25) is 0 Å². The first-order valence-electron chi connectivity index (χ1n) is 14.8. The van der Waals surface area contributed by atoms with Gasteiger partial charge >= 0.3 is 0 Å². The number of carbonyl (C=O) groups excluding carboxylic acids is 1. The maximum atomic E-state index is 12.3. The molecule has 0 aromatic heterocycles. The molecule has 0 bridgehead atoms. The highest BCUT2D eigenvalue weighted by molar-refractivity contribution is 7.85. The smallest absolute Gasteiger partial charge is 0.266 e. The molecule has 0 saturated heterocycles. The molecule has 0 spiro atoms. The number of ether oxygens (including phenoxy) is 2. The molecule has 2 N–H and O–H groups in total. The summed E-state index contributed by atoms with van der Waals surface area (Å²) in [6.45, 7) is 10.3. The first-order valence-corrected chi connectivity index (χ1v) is 16.4. The maximum Gasteiger partial charge on any atom is 0.266 e. The van der Waals surface area contributed by atoms with Crippen molar-refractivity contribution in [2.45, 2.75) is 104 Å². The quantitative estimate of drug-likeness (QED) is 0.373. The van der Waals surface area contributed by atoms with Crippen LogP contribution < -0.4 is 5.32 Å². The van der Waals surface area contributed by atoms with E-state index in [0.717, 1.165) is 25.4 Å². The van der Waals surface area contributed by atoms with Gasteiger partial charge in [-0.2, -0.15) is 8.42 Å². The Kier molecular flexibility index (Phi) is 9.04. The van der Waals surface area contributed by atoms with Gasteiger partial charge in [0.25, 0.3) is 10.1 Å². The van der Waals surface area contributed by atoms with Crippen LogP contribution in [-0.4, -0.2) is 57.1 Å². The van der Waals surface area contributed by atoms with Gasteiger partial charge in [-0.25, -0.2) is 0 Å². The van der Waals surface area contributed by atoms with E-state index in [9.17, 15) is 13.2 Å². The van der Waals surface area contributed by atoms with Crippen LogP contribution in [0.25, 0.3) is 0 Å². The van der Waals surface area contributed by atoms with Crippen molar-refractivity contribution in [2.24, 2.45) is 46.3 Å². The second-order valence-corrected chi connectivity index (χ2v) is 14.8. The van der Waals surface area contributed by atoms with Gasteiger partial charge in [0.1, 0.15) is 0 Å². The highest BCUT2D eigenvalue weighted by Gasteiger charge is 2.63. The van der Waals surface area contributed by atoms with E-state index in [1.807, 2.05) is 7.11 Å². The average molecular weight is 542 g/mol. The van der Waals surface area contributed by atoms with Crippen LogP contribution in [0.3, 0.4) is 0 Å².